The third-order valence-electron chi connectivity index (χ3n) is 4.46. The van der Waals surface area contributed by atoms with Gasteiger partial charge in [-0.3, -0.25) is 4.79 Å². The predicted octanol–water partition coefficient (Wildman–Crippen LogP) is 0.787. The summed E-state index contributed by atoms with van der Waals surface area (Å²) in [5.41, 5.74) is 1.88. The number of benzene rings is 1. The highest BCUT2D eigenvalue weighted by Crippen LogP contribution is 2.28. The average molecular weight is 340 g/mol. The van der Waals surface area contributed by atoms with Crippen molar-refractivity contribution < 1.29 is 17.9 Å². The highest BCUT2D eigenvalue weighted by Gasteiger charge is 2.48. The molecule has 1 fully saturated rings. The van der Waals surface area contributed by atoms with E-state index in [9.17, 15) is 13.2 Å². The first-order valence-electron chi connectivity index (χ1n) is 7.62. The molecule has 23 heavy (non-hydrogen) atoms. The number of piperidine rings is 1. The third kappa shape index (κ3) is 3.67. The highest BCUT2D eigenvalue weighted by molar-refractivity contribution is 7.92. The van der Waals surface area contributed by atoms with Gasteiger partial charge >= 0.3 is 0 Å². The van der Waals surface area contributed by atoms with Crippen LogP contribution in [0.5, 0.6) is 5.75 Å². The van der Waals surface area contributed by atoms with Gasteiger partial charge in [-0.05, 0) is 50.0 Å². The maximum Gasteiger partial charge on any atom is 0.241 e. The van der Waals surface area contributed by atoms with Crippen LogP contribution in [0.2, 0.25) is 0 Å². The molecule has 0 radical (unpaired) electrons. The van der Waals surface area contributed by atoms with Crippen LogP contribution in [-0.2, 0) is 21.2 Å². The van der Waals surface area contributed by atoms with Crippen LogP contribution in [0.15, 0.2) is 18.2 Å². The van der Waals surface area contributed by atoms with E-state index in [0.29, 0.717) is 25.9 Å². The maximum absolute atomic E-state index is 12.6. The van der Waals surface area contributed by atoms with E-state index in [1.165, 1.54) is 0 Å². The van der Waals surface area contributed by atoms with Crippen molar-refractivity contribution in [2.24, 2.45) is 0 Å². The van der Waals surface area contributed by atoms with Crippen molar-refractivity contribution in [3.8, 4) is 5.75 Å². The lowest BCUT2D eigenvalue weighted by Gasteiger charge is -2.34. The Bertz CT molecular complexity index is 679. The number of carbonyl (C=O) groups excluding carboxylic acids is 1. The summed E-state index contributed by atoms with van der Waals surface area (Å²) in [5, 5.41) is 5.89. The van der Waals surface area contributed by atoms with Crippen molar-refractivity contribution in [2.45, 2.75) is 31.1 Å². The number of rotatable bonds is 5. The minimum absolute atomic E-state index is 0.278. The van der Waals surface area contributed by atoms with Gasteiger partial charge in [0.05, 0.1) is 7.11 Å². The van der Waals surface area contributed by atoms with Gasteiger partial charge in [0.2, 0.25) is 5.91 Å². The first kappa shape index (κ1) is 17.7. The van der Waals surface area contributed by atoms with Crippen LogP contribution >= 0.6 is 0 Å². The zero-order valence-electron chi connectivity index (χ0n) is 13.8. The summed E-state index contributed by atoms with van der Waals surface area (Å²) >= 11 is 0. The van der Waals surface area contributed by atoms with Crippen LogP contribution in [0.25, 0.3) is 0 Å². The number of aryl methyl sites for hydroxylation is 1. The van der Waals surface area contributed by atoms with Gasteiger partial charge in [0.15, 0.2) is 14.6 Å². The Kier molecular flexibility index (Phi) is 5.31. The van der Waals surface area contributed by atoms with Gasteiger partial charge in [0.25, 0.3) is 0 Å². The van der Waals surface area contributed by atoms with Crippen molar-refractivity contribution in [1.82, 2.24) is 10.6 Å². The number of hydrogen-bond acceptors (Lipinski definition) is 5. The van der Waals surface area contributed by atoms with Crippen LogP contribution in [0.4, 0.5) is 0 Å². The molecular weight excluding hydrogens is 316 g/mol. The summed E-state index contributed by atoms with van der Waals surface area (Å²) in [4.78, 5) is 12.6. The van der Waals surface area contributed by atoms with E-state index in [0.717, 1.165) is 23.1 Å². The molecule has 0 saturated carbocycles. The Morgan fingerprint density at radius 1 is 1.35 bits per heavy atom. The molecule has 1 aliphatic heterocycles. The first-order valence-corrected chi connectivity index (χ1v) is 9.51. The number of carbonyl (C=O) groups is 1. The lowest BCUT2D eigenvalue weighted by atomic mass is 9.95. The number of methoxy groups -OCH3 is 1. The van der Waals surface area contributed by atoms with Crippen LogP contribution in [-0.4, -0.2) is 45.5 Å². The largest absolute Gasteiger partial charge is 0.496 e. The number of amides is 1. The Hall–Kier alpha value is -1.60. The second-order valence-electron chi connectivity index (χ2n) is 6.00. The lowest BCUT2D eigenvalue weighted by Crippen LogP contribution is -2.57. The molecule has 1 heterocycles. The molecule has 1 saturated heterocycles. The zero-order chi connectivity index (χ0) is 17.1. The first-order chi connectivity index (χ1) is 10.8. The van der Waals surface area contributed by atoms with E-state index >= 15 is 0 Å². The van der Waals surface area contributed by atoms with Crippen LogP contribution in [0.3, 0.4) is 0 Å². The third-order valence-corrected chi connectivity index (χ3v) is 6.47. The second kappa shape index (κ2) is 6.88. The molecule has 2 rings (SSSR count). The highest BCUT2D eigenvalue weighted by atomic mass is 32.2. The van der Waals surface area contributed by atoms with Crippen molar-refractivity contribution in [3.63, 3.8) is 0 Å². The number of nitrogens with one attached hydrogen (secondary N) is 2. The number of hydrogen-bond donors (Lipinski definition) is 2. The van der Waals surface area contributed by atoms with Gasteiger partial charge in [-0.15, -0.1) is 0 Å². The second-order valence-corrected chi connectivity index (χ2v) is 8.33. The van der Waals surface area contributed by atoms with Crippen molar-refractivity contribution in [3.05, 3.63) is 29.3 Å². The summed E-state index contributed by atoms with van der Waals surface area (Å²) in [6, 6.07) is 5.66. The summed E-state index contributed by atoms with van der Waals surface area (Å²) in [5.74, 6) is 0.331. The monoisotopic (exact) mass is 340 g/mol. The molecule has 1 aromatic rings. The minimum atomic E-state index is -3.49. The fraction of sp³-hybridized carbons (Fsp3) is 0.562. The average Bonchev–Trinajstić information content (AvgIpc) is 2.53. The van der Waals surface area contributed by atoms with Gasteiger partial charge in [0.1, 0.15) is 5.75 Å². The standard InChI is InChI=1S/C16H24N2O4S/c1-12-4-5-13(10-14(12)22-2)11-18-15(19)16(23(3,20)21)6-8-17-9-7-16/h4-5,10,17H,6-9,11H2,1-3H3,(H,18,19). The molecule has 2 N–H and O–H groups in total. The molecule has 1 aromatic carbocycles. The topological polar surface area (TPSA) is 84.5 Å². The number of sulfone groups is 1. The maximum atomic E-state index is 12.6. The van der Waals surface area contributed by atoms with E-state index in [1.54, 1.807) is 7.11 Å². The summed E-state index contributed by atoms with van der Waals surface area (Å²) in [6.07, 6.45) is 1.75. The minimum Gasteiger partial charge on any atom is -0.496 e. The normalized spacial score (nSPS) is 17.5. The zero-order valence-corrected chi connectivity index (χ0v) is 14.6. The van der Waals surface area contributed by atoms with Gasteiger partial charge in [-0.1, -0.05) is 12.1 Å². The Labute approximate surface area is 137 Å². The van der Waals surface area contributed by atoms with Crippen LogP contribution < -0.4 is 15.4 Å². The fourth-order valence-corrected chi connectivity index (χ4v) is 4.27. The van der Waals surface area contributed by atoms with Gasteiger partial charge < -0.3 is 15.4 Å². The molecule has 0 bridgehead atoms. The summed E-state index contributed by atoms with van der Waals surface area (Å²) in [6.45, 7) is 3.27. The van der Waals surface area contributed by atoms with Gasteiger partial charge in [-0.2, -0.15) is 0 Å². The SMILES string of the molecule is COc1cc(CNC(=O)C2(S(C)(=O)=O)CCNCC2)ccc1C. The smallest absolute Gasteiger partial charge is 0.241 e. The van der Waals surface area contributed by atoms with Gasteiger partial charge in [0, 0.05) is 12.8 Å². The molecule has 128 valence electrons. The predicted molar refractivity (Wildman–Crippen MR) is 89.3 cm³/mol. The van der Waals surface area contributed by atoms with Gasteiger partial charge in [-0.25, -0.2) is 8.42 Å². The van der Waals surface area contributed by atoms with Crippen LogP contribution in [0, 0.1) is 6.92 Å². The molecule has 1 aliphatic rings. The molecule has 1 amide bonds. The molecular formula is C16H24N2O4S. The van der Waals surface area contributed by atoms with Crippen molar-refractivity contribution in [2.75, 3.05) is 26.5 Å². The summed E-state index contributed by atoms with van der Waals surface area (Å²) in [7, 11) is -1.89. The van der Waals surface area contributed by atoms with Crippen molar-refractivity contribution >= 4 is 15.7 Å². The summed E-state index contributed by atoms with van der Waals surface area (Å²) < 4.78 is 28.3. The Morgan fingerprint density at radius 3 is 2.57 bits per heavy atom. The quantitative estimate of drug-likeness (QED) is 0.828. The van der Waals surface area contributed by atoms with E-state index in [2.05, 4.69) is 10.6 Å². The van der Waals surface area contributed by atoms with E-state index in [4.69, 9.17) is 4.74 Å². The molecule has 0 atom stereocenters. The Morgan fingerprint density at radius 2 is 2.00 bits per heavy atom. The molecule has 7 heteroatoms. The van der Waals surface area contributed by atoms with E-state index in [1.807, 2.05) is 25.1 Å². The lowest BCUT2D eigenvalue weighted by molar-refractivity contribution is -0.124. The fourth-order valence-electron chi connectivity index (χ4n) is 2.91. The molecule has 0 spiro atoms. The van der Waals surface area contributed by atoms with Crippen molar-refractivity contribution in [1.29, 1.82) is 0 Å². The van der Waals surface area contributed by atoms with Crippen LogP contribution in [0.1, 0.15) is 24.0 Å². The number of ether oxygens (including phenoxy) is 1. The Balaban J connectivity index is 2.14. The van der Waals surface area contributed by atoms with E-state index in [-0.39, 0.29) is 6.54 Å². The molecule has 0 unspecified atom stereocenters. The molecule has 0 aromatic heterocycles. The molecule has 0 aliphatic carbocycles. The van der Waals surface area contributed by atoms with E-state index < -0.39 is 20.5 Å². The molecule has 6 nitrogen and oxygen atoms in total.